The highest BCUT2D eigenvalue weighted by molar-refractivity contribution is 5.68. The molecule has 1 amide bonds. The average molecular weight is 258 g/mol. The van der Waals surface area contributed by atoms with Gasteiger partial charge in [-0.25, -0.2) is 4.79 Å². The zero-order chi connectivity index (χ0) is 13.8. The number of nitrogens with zero attached hydrogens (tertiary/aromatic N) is 1. The topological polar surface area (TPSA) is 61.8 Å². The van der Waals surface area contributed by atoms with Crippen molar-refractivity contribution in [3.63, 3.8) is 0 Å². The summed E-state index contributed by atoms with van der Waals surface area (Å²) in [6.45, 7) is 9.87. The minimum absolute atomic E-state index is 0.121. The van der Waals surface area contributed by atoms with Crippen LogP contribution in [0.2, 0.25) is 0 Å². The van der Waals surface area contributed by atoms with Gasteiger partial charge in [0.25, 0.3) is 0 Å². The molecule has 2 unspecified atom stereocenters. The highest BCUT2D eigenvalue weighted by atomic mass is 16.6. The highest BCUT2D eigenvalue weighted by Gasteiger charge is 2.30. The molecule has 0 radical (unpaired) electrons. The van der Waals surface area contributed by atoms with E-state index in [1.807, 2.05) is 20.8 Å². The molecule has 1 fully saturated rings. The van der Waals surface area contributed by atoms with Gasteiger partial charge in [-0.1, -0.05) is 6.92 Å². The first-order chi connectivity index (χ1) is 8.33. The van der Waals surface area contributed by atoms with E-state index in [-0.39, 0.29) is 18.7 Å². The first kappa shape index (κ1) is 15.2. The number of aliphatic hydroxyl groups excluding tert-OH is 1. The van der Waals surface area contributed by atoms with Crippen LogP contribution in [0.1, 0.15) is 34.1 Å². The van der Waals surface area contributed by atoms with Crippen LogP contribution in [0.3, 0.4) is 0 Å². The smallest absolute Gasteiger partial charge is 0.410 e. The van der Waals surface area contributed by atoms with Crippen LogP contribution < -0.4 is 5.32 Å². The van der Waals surface area contributed by atoms with Crippen molar-refractivity contribution in [1.29, 1.82) is 0 Å². The van der Waals surface area contributed by atoms with Gasteiger partial charge in [-0.05, 0) is 33.1 Å². The second-order valence-corrected chi connectivity index (χ2v) is 5.98. The van der Waals surface area contributed by atoms with Crippen LogP contribution in [0, 0.1) is 5.92 Å². The first-order valence-corrected chi connectivity index (χ1v) is 6.65. The molecule has 1 aliphatic heterocycles. The number of hydrogen-bond acceptors (Lipinski definition) is 4. The Hall–Kier alpha value is -0.810. The van der Waals surface area contributed by atoms with Gasteiger partial charge in [0.2, 0.25) is 0 Å². The van der Waals surface area contributed by atoms with E-state index in [1.165, 1.54) is 0 Å². The summed E-state index contributed by atoms with van der Waals surface area (Å²) in [5.74, 6) is 0.509. The van der Waals surface area contributed by atoms with Crippen LogP contribution >= 0.6 is 0 Å². The largest absolute Gasteiger partial charge is 0.444 e. The van der Waals surface area contributed by atoms with Crippen molar-refractivity contribution in [1.82, 2.24) is 10.2 Å². The summed E-state index contributed by atoms with van der Waals surface area (Å²) in [5.41, 5.74) is -0.450. The van der Waals surface area contributed by atoms with E-state index in [4.69, 9.17) is 9.84 Å². The predicted octanol–water partition coefficient (Wildman–Crippen LogP) is 1.21. The minimum Gasteiger partial charge on any atom is -0.444 e. The molecule has 0 aromatic rings. The van der Waals surface area contributed by atoms with E-state index in [2.05, 4.69) is 12.2 Å². The van der Waals surface area contributed by atoms with Crippen molar-refractivity contribution >= 4 is 6.09 Å². The number of ether oxygens (including phenoxy) is 1. The number of piperidine rings is 1. The van der Waals surface area contributed by atoms with Crippen LogP contribution in [-0.2, 0) is 4.74 Å². The Morgan fingerprint density at radius 1 is 1.50 bits per heavy atom. The monoisotopic (exact) mass is 258 g/mol. The second-order valence-electron chi connectivity index (χ2n) is 5.98. The molecule has 5 heteroatoms. The van der Waals surface area contributed by atoms with E-state index < -0.39 is 5.60 Å². The van der Waals surface area contributed by atoms with Crippen LogP contribution in [0.25, 0.3) is 0 Å². The molecule has 18 heavy (non-hydrogen) atoms. The number of nitrogens with one attached hydrogen (secondary N) is 1. The summed E-state index contributed by atoms with van der Waals surface area (Å²) in [5, 5.41) is 12.1. The Balaban J connectivity index is 2.50. The number of rotatable bonds is 3. The maximum absolute atomic E-state index is 12.0. The van der Waals surface area contributed by atoms with Gasteiger partial charge in [-0.15, -0.1) is 0 Å². The van der Waals surface area contributed by atoms with Gasteiger partial charge in [0.1, 0.15) is 5.60 Å². The van der Waals surface area contributed by atoms with Gasteiger partial charge in [0, 0.05) is 25.7 Å². The van der Waals surface area contributed by atoms with Gasteiger partial charge in [0.15, 0.2) is 0 Å². The molecule has 5 nitrogen and oxygen atoms in total. The maximum atomic E-state index is 12.0. The van der Waals surface area contributed by atoms with E-state index in [1.54, 1.807) is 4.90 Å². The van der Waals surface area contributed by atoms with E-state index in [9.17, 15) is 4.79 Å². The molecule has 1 heterocycles. The summed E-state index contributed by atoms with van der Waals surface area (Å²) in [6, 6.07) is 0.235. The van der Waals surface area contributed by atoms with E-state index in [0.717, 1.165) is 13.0 Å². The van der Waals surface area contributed by atoms with Crippen LogP contribution in [0.5, 0.6) is 0 Å². The Kier molecular flexibility index (Phi) is 5.41. The fourth-order valence-corrected chi connectivity index (χ4v) is 2.08. The van der Waals surface area contributed by atoms with Crippen molar-refractivity contribution in [3.05, 3.63) is 0 Å². The summed E-state index contributed by atoms with van der Waals surface area (Å²) in [4.78, 5) is 13.7. The van der Waals surface area contributed by atoms with Crippen molar-refractivity contribution in [2.45, 2.75) is 45.8 Å². The first-order valence-electron chi connectivity index (χ1n) is 6.65. The third-order valence-corrected chi connectivity index (χ3v) is 3.13. The van der Waals surface area contributed by atoms with Gasteiger partial charge in [-0.2, -0.15) is 0 Å². The summed E-state index contributed by atoms with van der Waals surface area (Å²) in [6.07, 6.45) is 0.715. The lowest BCUT2D eigenvalue weighted by Crippen LogP contribution is -2.53. The lowest BCUT2D eigenvalue weighted by Gasteiger charge is -2.38. The Morgan fingerprint density at radius 3 is 2.72 bits per heavy atom. The van der Waals surface area contributed by atoms with Gasteiger partial charge < -0.3 is 20.1 Å². The van der Waals surface area contributed by atoms with Crippen LogP contribution in [-0.4, -0.2) is 54.0 Å². The molecule has 0 aliphatic carbocycles. The highest BCUT2D eigenvalue weighted by Crippen LogP contribution is 2.19. The number of carbonyl (C=O) groups excluding carboxylic acids is 1. The number of hydrogen-bond donors (Lipinski definition) is 2. The van der Waals surface area contributed by atoms with Gasteiger partial charge >= 0.3 is 6.09 Å². The molecule has 0 aromatic heterocycles. The lowest BCUT2D eigenvalue weighted by atomic mass is 9.93. The number of aliphatic hydroxyl groups is 1. The summed E-state index contributed by atoms with van der Waals surface area (Å²) < 4.78 is 5.38. The molecule has 2 atom stereocenters. The van der Waals surface area contributed by atoms with Gasteiger partial charge in [-0.3, -0.25) is 0 Å². The molecule has 2 N–H and O–H groups in total. The molecule has 0 spiro atoms. The Labute approximate surface area is 109 Å². The molecule has 1 aliphatic rings. The molecular formula is C13H26N2O3. The maximum Gasteiger partial charge on any atom is 0.410 e. The molecule has 106 valence electrons. The van der Waals surface area contributed by atoms with Crippen molar-refractivity contribution in [3.8, 4) is 0 Å². The van der Waals surface area contributed by atoms with Crippen LogP contribution in [0.4, 0.5) is 4.79 Å². The standard InChI is InChI=1S/C13H26N2O3/c1-10-5-7-15(9-11(10)14-6-8-16)12(17)18-13(2,3)4/h10-11,14,16H,5-9H2,1-4H3. The Bertz CT molecular complexity index is 276. The average Bonchev–Trinajstić information content (AvgIpc) is 2.25. The van der Waals surface area contributed by atoms with E-state index >= 15 is 0 Å². The summed E-state index contributed by atoms with van der Waals surface area (Å²) in [7, 11) is 0. The third-order valence-electron chi connectivity index (χ3n) is 3.13. The summed E-state index contributed by atoms with van der Waals surface area (Å²) >= 11 is 0. The fourth-order valence-electron chi connectivity index (χ4n) is 2.08. The van der Waals surface area contributed by atoms with Gasteiger partial charge in [0.05, 0.1) is 6.61 Å². The molecule has 0 aromatic carbocycles. The number of carbonyl (C=O) groups is 1. The normalized spacial score (nSPS) is 25.1. The van der Waals surface area contributed by atoms with Crippen LogP contribution in [0.15, 0.2) is 0 Å². The third kappa shape index (κ3) is 4.82. The molecule has 0 saturated carbocycles. The predicted molar refractivity (Wildman–Crippen MR) is 70.5 cm³/mol. The number of likely N-dealkylation sites (tertiary alicyclic amines) is 1. The number of amides is 1. The molecule has 0 bridgehead atoms. The lowest BCUT2D eigenvalue weighted by molar-refractivity contribution is 0.0147. The second kappa shape index (κ2) is 6.38. The zero-order valence-corrected chi connectivity index (χ0v) is 11.9. The Morgan fingerprint density at radius 2 is 2.17 bits per heavy atom. The van der Waals surface area contributed by atoms with E-state index in [0.29, 0.717) is 19.0 Å². The van der Waals surface area contributed by atoms with Crippen molar-refractivity contribution in [2.24, 2.45) is 5.92 Å². The minimum atomic E-state index is -0.450. The SMILES string of the molecule is CC1CCN(C(=O)OC(C)(C)C)CC1NCCO. The van der Waals surface area contributed by atoms with Crippen molar-refractivity contribution in [2.75, 3.05) is 26.2 Å². The quantitative estimate of drug-likeness (QED) is 0.799. The van der Waals surface area contributed by atoms with Crippen molar-refractivity contribution < 1.29 is 14.6 Å². The molecular weight excluding hydrogens is 232 g/mol. The molecule has 1 saturated heterocycles. The molecule has 1 rings (SSSR count). The zero-order valence-electron chi connectivity index (χ0n) is 11.9. The fraction of sp³-hybridized carbons (Fsp3) is 0.923.